The number of halogens is 2. The molecular weight excluding hydrogens is 404 g/mol. The molecule has 10 heteroatoms. The molecule has 1 saturated heterocycles. The average molecular weight is 419 g/mol. The predicted octanol–water partition coefficient (Wildman–Crippen LogP) is 2.94. The molecule has 2 aromatic rings. The van der Waals surface area contributed by atoms with Crippen LogP contribution in [0.3, 0.4) is 0 Å². The number of amides is 1. The Kier molecular flexibility index (Phi) is 6.55. The highest BCUT2D eigenvalue weighted by atomic mass is 32.2. The molecule has 1 atom stereocenters. The lowest BCUT2D eigenvalue weighted by Gasteiger charge is -2.08. The summed E-state index contributed by atoms with van der Waals surface area (Å²) >= 11 is 1.00. The number of thioether (sulfide) groups is 1. The Hall–Kier alpha value is -3.27. The van der Waals surface area contributed by atoms with Crippen LogP contribution in [0, 0.1) is 11.6 Å². The number of carbonyl (C=O) groups excluding carboxylic acids is 1. The van der Waals surface area contributed by atoms with E-state index in [1.807, 2.05) is 0 Å². The standard InChI is InChI=1S/C19H15F2N3O4S/c20-14-6-5-13(7-15(14)21)28-10-12-4-2-1-3-11(12)9-22-24-19-23-18(27)16(29-19)8-17(25)26/h1-7,9,16H,8,10H2,(H,25,26)(H,23,24,27). The van der Waals surface area contributed by atoms with E-state index in [9.17, 15) is 18.4 Å². The van der Waals surface area contributed by atoms with Crippen molar-refractivity contribution >= 4 is 35.0 Å². The molecule has 150 valence electrons. The van der Waals surface area contributed by atoms with Crippen molar-refractivity contribution in [3.05, 3.63) is 65.2 Å². The summed E-state index contributed by atoms with van der Waals surface area (Å²) in [5.41, 5.74) is 1.41. The Morgan fingerprint density at radius 1 is 1.24 bits per heavy atom. The molecule has 1 amide bonds. The summed E-state index contributed by atoms with van der Waals surface area (Å²) in [7, 11) is 0. The van der Waals surface area contributed by atoms with E-state index in [1.54, 1.807) is 24.3 Å². The van der Waals surface area contributed by atoms with Gasteiger partial charge in [0.15, 0.2) is 16.8 Å². The van der Waals surface area contributed by atoms with Crippen LogP contribution in [-0.4, -0.2) is 33.6 Å². The second kappa shape index (κ2) is 9.28. The Labute approximate surface area is 168 Å². The first-order valence-corrected chi connectivity index (χ1v) is 9.26. The minimum atomic E-state index is -1.07. The monoisotopic (exact) mass is 419 g/mol. The number of nitrogens with zero attached hydrogens (tertiary/aromatic N) is 2. The smallest absolute Gasteiger partial charge is 0.305 e. The summed E-state index contributed by atoms with van der Waals surface area (Å²) in [5.74, 6) is -3.26. The Morgan fingerprint density at radius 2 is 2.03 bits per heavy atom. The summed E-state index contributed by atoms with van der Waals surface area (Å²) in [6, 6.07) is 10.4. The van der Waals surface area contributed by atoms with E-state index in [-0.39, 0.29) is 23.9 Å². The molecule has 0 aromatic heterocycles. The average Bonchev–Trinajstić information content (AvgIpc) is 3.02. The van der Waals surface area contributed by atoms with Gasteiger partial charge in [0.25, 0.3) is 0 Å². The van der Waals surface area contributed by atoms with Gasteiger partial charge in [-0.25, -0.2) is 8.78 Å². The van der Waals surface area contributed by atoms with E-state index in [0.717, 1.165) is 29.5 Å². The van der Waals surface area contributed by atoms with E-state index in [1.165, 1.54) is 12.3 Å². The second-order valence-corrected chi connectivity index (χ2v) is 7.10. The molecule has 0 bridgehead atoms. The van der Waals surface area contributed by atoms with E-state index in [2.05, 4.69) is 15.5 Å². The molecule has 1 fully saturated rings. The highest BCUT2D eigenvalue weighted by Gasteiger charge is 2.32. The predicted molar refractivity (Wildman–Crippen MR) is 104 cm³/mol. The van der Waals surface area contributed by atoms with Crippen molar-refractivity contribution < 1.29 is 28.2 Å². The van der Waals surface area contributed by atoms with Gasteiger partial charge in [-0.05, 0) is 17.7 Å². The number of hydrogen-bond donors (Lipinski definition) is 2. The number of hydrogen-bond acceptors (Lipinski definition) is 6. The molecule has 0 aliphatic carbocycles. The van der Waals surface area contributed by atoms with Gasteiger partial charge in [0.1, 0.15) is 17.6 Å². The van der Waals surface area contributed by atoms with Crippen molar-refractivity contribution in [1.82, 2.24) is 5.32 Å². The van der Waals surface area contributed by atoms with Crippen LogP contribution in [0.4, 0.5) is 8.78 Å². The third kappa shape index (κ3) is 5.61. The van der Waals surface area contributed by atoms with Gasteiger partial charge in [-0.3, -0.25) is 9.59 Å². The van der Waals surface area contributed by atoms with Crippen LogP contribution in [-0.2, 0) is 16.2 Å². The van der Waals surface area contributed by atoms with E-state index < -0.39 is 28.8 Å². The molecule has 0 radical (unpaired) electrons. The molecule has 3 rings (SSSR count). The maximum atomic E-state index is 13.3. The quantitative estimate of drug-likeness (QED) is 0.531. The van der Waals surface area contributed by atoms with Crippen LogP contribution in [0.1, 0.15) is 17.5 Å². The van der Waals surface area contributed by atoms with Crippen LogP contribution in [0.25, 0.3) is 0 Å². The summed E-state index contributed by atoms with van der Waals surface area (Å²) in [5, 5.41) is 18.6. The Morgan fingerprint density at radius 3 is 2.79 bits per heavy atom. The van der Waals surface area contributed by atoms with Gasteiger partial charge in [-0.1, -0.05) is 36.0 Å². The van der Waals surface area contributed by atoms with E-state index in [4.69, 9.17) is 9.84 Å². The highest BCUT2D eigenvalue weighted by molar-refractivity contribution is 8.15. The minimum Gasteiger partial charge on any atom is -0.489 e. The zero-order valence-electron chi connectivity index (χ0n) is 14.8. The molecule has 2 aromatic carbocycles. The van der Waals surface area contributed by atoms with Crippen LogP contribution < -0.4 is 10.1 Å². The molecule has 29 heavy (non-hydrogen) atoms. The van der Waals surface area contributed by atoms with Crippen molar-refractivity contribution in [3.63, 3.8) is 0 Å². The number of rotatable bonds is 7. The van der Waals surface area contributed by atoms with Crippen LogP contribution in [0.5, 0.6) is 5.75 Å². The first-order chi connectivity index (χ1) is 13.9. The number of aliphatic carboxylic acids is 1. The maximum Gasteiger partial charge on any atom is 0.305 e. The van der Waals surface area contributed by atoms with Gasteiger partial charge in [-0.2, -0.15) is 5.10 Å². The maximum absolute atomic E-state index is 13.3. The molecule has 1 unspecified atom stereocenters. The fraction of sp³-hybridized carbons (Fsp3) is 0.158. The van der Waals surface area contributed by atoms with Crippen molar-refractivity contribution in [2.45, 2.75) is 18.3 Å². The Balaban J connectivity index is 1.65. The lowest BCUT2D eigenvalue weighted by molar-refractivity contribution is -0.138. The van der Waals surface area contributed by atoms with Crippen LogP contribution >= 0.6 is 11.8 Å². The molecule has 7 nitrogen and oxygen atoms in total. The zero-order valence-corrected chi connectivity index (χ0v) is 15.7. The third-order valence-electron chi connectivity index (χ3n) is 3.82. The van der Waals surface area contributed by atoms with Gasteiger partial charge >= 0.3 is 5.97 Å². The van der Waals surface area contributed by atoms with E-state index >= 15 is 0 Å². The SMILES string of the molecule is O=C(O)CC1SC(=NN=Cc2ccccc2COc2ccc(F)c(F)c2)NC1=O. The van der Waals surface area contributed by atoms with Gasteiger partial charge < -0.3 is 15.2 Å². The number of amidine groups is 1. The number of ether oxygens (including phenoxy) is 1. The number of carbonyl (C=O) groups is 2. The van der Waals surface area contributed by atoms with Gasteiger partial charge in [0.2, 0.25) is 5.91 Å². The molecule has 1 aliphatic rings. The normalized spacial score (nSPS) is 17.7. The van der Waals surface area contributed by atoms with Crippen LogP contribution in [0.15, 0.2) is 52.7 Å². The molecule has 0 saturated carbocycles. The molecule has 2 N–H and O–H groups in total. The fourth-order valence-corrected chi connectivity index (χ4v) is 3.32. The molecule has 1 heterocycles. The van der Waals surface area contributed by atoms with Gasteiger partial charge in [0.05, 0.1) is 12.6 Å². The van der Waals surface area contributed by atoms with Gasteiger partial charge in [-0.15, -0.1) is 5.10 Å². The fourth-order valence-electron chi connectivity index (χ4n) is 2.41. The van der Waals surface area contributed by atoms with Crippen molar-refractivity contribution in [1.29, 1.82) is 0 Å². The lowest BCUT2D eigenvalue weighted by atomic mass is 10.1. The summed E-state index contributed by atoms with van der Waals surface area (Å²) < 4.78 is 31.7. The first-order valence-electron chi connectivity index (χ1n) is 8.38. The molecule has 0 spiro atoms. The highest BCUT2D eigenvalue weighted by Crippen LogP contribution is 2.22. The van der Waals surface area contributed by atoms with Crippen LogP contribution in [0.2, 0.25) is 0 Å². The number of carboxylic acid groups (broad SMARTS) is 1. The first kappa shape index (κ1) is 20.5. The minimum absolute atomic E-state index is 0.0933. The summed E-state index contributed by atoms with van der Waals surface area (Å²) in [6.07, 6.45) is 1.15. The largest absolute Gasteiger partial charge is 0.489 e. The topological polar surface area (TPSA) is 100 Å². The number of carboxylic acids is 1. The Bertz CT molecular complexity index is 997. The van der Waals surface area contributed by atoms with Crippen molar-refractivity contribution in [2.24, 2.45) is 10.2 Å². The number of nitrogens with one attached hydrogen (secondary N) is 1. The summed E-state index contributed by atoms with van der Waals surface area (Å²) in [6.45, 7) is 0.0933. The van der Waals surface area contributed by atoms with Gasteiger partial charge in [0, 0.05) is 11.6 Å². The zero-order chi connectivity index (χ0) is 20.8. The number of benzene rings is 2. The molecule has 1 aliphatic heterocycles. The van der Waals surface area contributed by atoms with Crippen molar-refractivity contribution in [3.8, 4) is 5.75 Å². The molecular formula is C19H15F2N3O4S. The second-order valence-electron chi connectivity index (χ2n) is 5.91. The third-order valence-corrected chi connectivity index (χ3v) is 4.89. The summed E-state index contributed by atoms with van der Waals surface area (Å²) in [4.78, 5) is 22.4. The lowest BCUT2D eigenvalue weighted by Crippen LogP contribution is -2.26. The van der Waals surface area contributed by atoms with E-state index in [0.29, 0.717) is 5.56 Å². The van der Waals surface area contributed by atoms with Crippen molar-refractivity contribution in [2.75, 3.05) is 0 Å².